The molecule has 0 aliphatic heterocycles. The fourth-order valence-corrected chi connectivity index (χ4v) is 4.94. The largest absolute Gasteiger partial charge is 0.493 e. The molecule has 0 aromatic heterocycles. The molecular formula is C24H22Cl2N2O7S. The molecule has 3 aromatic rings. The molecule has 1 amide bonds. The minimum atomic E-state index is -4.26. The van der Waals surface area contributed by atoms with E-state index >= 15 is 0 Å². The molecular weight excluding hydrogens is 531 g/mol. The second-order valence-electron chi connectivity index (χ2n) is 7.24. The maximum absolute atomic E-state index is 13.7. The van der Waals surface area contributed by atoms with E-state index in [1.165, 1.54) is 82.0 Å². The third-order valence-electron chi connectivity index (χ3n) is 5.01. The van der Waals surface area contributed by atoms with Gasteiger partial charge in [0.1, 0.15) is 6.54 Å². The first-order chi connectivity index (χ1) is 17.1. The average molecular weight is 553 g/mol. The lowest BCUT2D eigenvalue weighted by Crippen LogP contribution is -2.38. The Kier molecular flexibility index (Phi) is 8.67. The Labute approximate surface area is 218 Å². The van der Waals surface area contributed by atoms with Gasteiger partial charge in [0.2, 0.25) is 5.91 Å². The number of sulfonamides is 1. The number of amides is 1. The van der Waals surface area contributed by atoms with Crippen LogP contribution in [0, 0.1) is 0 Å². The zero-order chi connectivity index (χ0) is 26.5. The van der Waals surface area contributed by atoms with Crippen LogP contribution in [-0.4, -0.2) is 48.2 Å². The summed E-state index contributed by atoms with van der Waals surface area (Å²) in [6.07, 6.45) is 0. The number of nitrogens with one attached hydrogen (secondary N) is 1. The molecule has 0 radical (unpaired) electrons. The van der Waals surface area contributed by atoms with Crippen LogP contribution in [0.5, 0.6) is 11.5 Å². The predicted molar refractivity (Wildman–Crippen MR) is 137 cm³/mol. The van der Waals surface area contributed by atoms with Crippen molar-refractivity contribution in [1.82, 2.24) is 0 Å². The first kappa shape index (κ1) is 27.1. The highest BCUT2D eigenvalue weighted by molar-refractivity contribution is 7.92. The Morgan fingerprint density at radius 1 is 0.889 bits per heavy atom. The Hall–Kier alpha value is -3.47. The predicted octanol–water partition coefficient (Wildman–Crippen LogP) is 4.63. The quantitative estimate of drug-likeness (QED) is 0.385. The summed E-state index contributed by atoms with van der Waals surface area (Å²) >= 11 is 12.1. The van der Waals surface area contributed by atoms with Crippen LogP contribution >= 0.6 is 23.2 Å². The van der Waals surface area contributed by atoms with Gasteiger partial charge in [-0.25, -0.2) is 13.2 Å². The standard InChI is InChI=1S/C24H22Cl2N2O7S/c1-33-21-11-9-18(13-22(21)34-2)36(31,32)28(17-7-5-16(25)6-8-17)14-23(29)27-20-12-15(24(30)35-3)4-10-19(20)26/h4-13H,14H2,1-3H3,(H,27,29). The first-order valence-electron chi connectivity index (χ1n) is 10.3. The molecule has 190 valence electrons. The van der Waals surface area contributed by atoms with Crippen LogP contribution in [-0.2, 0) is 19.6 Å². The summed E-state index contributed by atoms with van der Waals surface area (Å²) in [5, 5.41) is 3.09. The van der Waals surface area contributed by atoms with E-state index in [1.54, 1.807) is 0 Å². The number of hydrogen-bond donors (Lipinski definition) is 1. The van der Waals surface area contributed by atoms with Gasteiger partial charge in [-0.05, 0) is 54.6 Å². The van der Waals surface area contributed by atoms with E-state index in [2.05, 4.69) is 10.1 Å². The Bertz CT molecular complexity index is 1380. The van der Waals surface area contributed by atoms with Gasteiger partial charge in [-0.3, -0.25) is 9.10 Å². The first-order valence-corrected chi connectivity index (χ1v) is 12.5. The summed E-state index contributed by atoms with van der Waals surface area (Å²) in [5.41, 5.74) is 0.465. The van der Waals surface area contributed by atoms with Crippen molar-refractivity contribution in [3.63, 3.8) is 0 Å². The number of hydrogen-bond acceptors (Lipinski definition) is 7. The van der Waals surface area contributed by atoms with Gasteiger partial charge in [-0.2, -0.15) is 0 Å². The maximum Gasteiger partial charge on any atom is 0.337 e. The van der Waals surface area contributed by atoms with Gasteiger partial charge in [0, 0.05) is 11.1 Å². The second kappa shape index (κ2) is 11.5. The Morgan fingerprint density at radius 2 is 1.56 bits per heavy atom. The lowest BCUT2D eigenvalue weighted by Gasteiger charge is -2.24. The minimum Gasteiger partial charge on any atom is -0.493 e. The van der Waals surface area contributed by atoms with Crippen molar-refractivity contribution in [1.29, 1.82) is 0 Å². The lowest BCUT2D eigenvalue weighted by atomic mass is 10.2. The van der Waals surface area contributed by atoms with E-state index in [-0.39, 0.29) is 32.6 Å². The average Bonchev–Trinajstić information content (AvgIpc) is 2.88. The van der Waals surface area contributed by atoms with Crippen molar-refractivity contribution >= 4 is 56.5 Å². The molecule has 0 aliphatic carbocycles. The van der Waals surface area contributed by atoms with E-state index in [9.17, 15) is 18.0 Å². The fraction of sp³-hybridized carbons (Fsp3) is 0.167. The van der Waals surface area contributed by atoms with Crippen LogP contribution in [0.3, 0.4) is 0 Å². The van der Waals surface area contributed by atoms with Crippen LogP contribution in [0.2, 0.25) is 10.0 Å². The van der Waals surface area contributed by atoms with Crippen molar-refractivity contribution < 1.29 is 32.2 Å². The smallest absolute Gasteiger partial charge is 0.337 e. The van der Waals surface area contributed by atoms with Crippen molar-refractivity contribution in [2.75, 3.05) is 37.5 Å². The molecule has 0 fully saturated rings. The normalized spacial score (nSPS) is 10.9. The van der Waals surface area contributed by atoms with E-state index in [0.29, 0.717) is 10.8 Å². The number of esters is 1. The van der Waals surface area contributed by atoms with Gasteiger partial charge >= 0.3 is 5.97 Å². The van der Waals surface area contributed by atoms with Gasteiger partial charge in [0.05, 0.1) is 48.2 Å². The van der Waals surface area contributed by atoms with Crippen LogP contribution in [0.1, 0.15) is 10.4 Å². The number of carbonyl (C=O) groups is 2. The van der Waals surface area contributed by atoms with E-state index < -0.39 is 28.4 Å². The van der Waals surface area contributed by atoms with Crippen molar-refractivity contribution in [3.05, 3.63) is 76.3 Å². The third-order valence-corrected chi connectivity index (χ3v) is 7.36. The number of ether oxygens (including phenoxy) is 3. The van der Waals surface area contributed by atoms with Gasteiger partial charge in [-0.15, -0.1) is 0 Å². The number of rotatable bonds is 9. The molecule has 0 spiro atoms. The topological polar surface area (TPSA) is 111 Å². The summed E-state index contributed by atoms with van der Waals surface area (Å²) in [5.74, 6) is -0.795. The van der Waals surface area contributed by atoms with Gasteiger partial charge in [0.25, 0.3) is 10.0 Å². The van der Waals surface area contributed by atoms with Crippen LogP contribution in [0.4, 0.5) is 11.4 Å². The highest BCUT2D eigenvalue weighted by Crippen LogP contribution is 2.32. The van der Waals surface area contributed by atoms with E-state index in [1.807, 2.05) is 0 Å². The molecule has 3 rings (SSSR count). The molecule has 0 heterocycles. The SMILES string of the molecule is COC(=O)c1ccc(Cl)c(NC(=O)CN(c2ccc(Cl)cc2)S(=O)(=O)c2ccc(OC)c(OC)c2)c1. The van der Waals surface area contributed by atoms with Crippen molar-refractivity contribution in [2.45, 2.75) is 4.90 Å². The highest BCUT2D eigenvalue weighted by atomic mass is 35.5. The lowest BCUT2D eigenvalue weighted by molar-refractivity contribution is -0.114. The molecule has 0 bridgehead atoms. The number of nitrogens with zero attached hydrogens (tertiary/aromatic N) is 1. The summed E-state index contributed by atoms with van der Waals surface area (Å²) < 4.78 is 43.3. The molecule has 0 unspecified atom stereocenters. The molecule has 0 aliphatic rings. The number of halogens is 2. The van der Waals surface area contributed by atoms with Gasteiger partial charge in [0.15, 0.2) is 11.5 Å². The van der Waals surface area contributed by atoms with Crippen LogP contribution in [0.15, 0.2) is 65.6 Å². The van der Waals surface area contributed by atoms with E-state index in [4.69, 9.17) is 32.7 Å². The van der Waals surface area contributed by atoms with Gasteiger partial charge < -0.3 is 19.5 Å². The zero-order valence-corrected chi connectivity index (χ0v) is 21.8. The molecule has 0 saturated carbocycles. The Balaban J connectivity index is 1.99. The number of anilines is 2. The molecule has 1 N–H and O–H groups in total. The van der Waals surface area contributed by atoms with Crippen LogP contribution in [0.25, 0.3) is 0 Å². The minimum absolute atomic E-state index is 0.115. The van der Waals surface area contributed by atoms with Crippen molar-refractivity contribution in [2.24, 2.45) is 0 Å². The number of methoxy groups -OCH3 is 3. The Morgan fingerprint density at radius 3 is 2.17 bits per heavy atom. The fourth-order valence-electron chi connectivity index (χ4n) is 3.21. The molecule has 0 atom stereocenters. The summed E-state index contributed by atoms with van der Waals surface area (Å²) in [4.78, 5) is 24.7. The molecule has 0 saturated heterocycles. The number of benzene rings is 3. The molecule has 3 aromatic carbocycles. The summed E-state index contributed by atoms with van der Waals surface area (Å²) in [6.45, 7) is -0.614. The summed E-state index contributed by atoms with van der Waals surface area (Å²) in [6, 6.07) is 14.2. The second-order valence-corrected chi connectivity index (χ2v) is 9.95. The van der Waals surface area contributed by atoms with E-state index in [0.717, 1.165) is 4.31 Å². The van der Waals surface area contributed by atoms with Crippen molar-refractivity contribution in [3.8, 4) is 11.5 Å². The zero-order valence-electron chi connectivity index (χ0n) is 19.4. The highest BCUT2D eigenvalue weighted by Gasteiger charge is 2.29. The molecule has 12 heteroatoms. The molecule has 36 heavy (non-hydrogen) atoms. The summed E-state index contributed by atoms with van der Waals surface area (Å²) in [7, 11) is -0.233. The number of carbonyl (C=O) groups excluding carboxylic acids is 2. The monoisotopic (exact) mass is 552 g/mol. The maximum atomic E-state index is 13.7. The van der Waals surface area contributed by atoms with Gasteiger partial charge in [-0.1, -0.05) is 23.2 Å². The van der Waals surface area contributed by atoms with Crippen LogP contribution < -0.4 is 19.1 Å². The molecule has 9 nitrogen and oxygen atoms in total. The third kappa shape index (κ3) is 6.01.